The second kappa shape index (κ2) is 5.49. The summed E-state index contributed by atoms with van der Waals surface area (Å²) in [7, 11) is 1.96. The fourth-order valence-corrected chi connectivity index (χ4v) is 3.87. The first kappa shape index (κ1) is 16.1. The van der Waals surface area contributed by atoms with Crippen LogP contribution in [0.15, 0.2) is 18.2 Å². The third kappa shape index (κ3) is 3.14. The van der Waals surface area contributed by atoms with Crippen LogP contribution in [0.1, 0.15) is 45.7 Å². The van der Waals surface area contributed by atoms with E-state index >= 15 is 0 Å². The van der Waals surface area contributed by atoms with E-state index in [-0.39, 0.29) is 17.2 Å². The maximum absolute atomic E-state index is 6.37. The summed E-state index contributed by atoms with van der Waals surface area (Å²) in [6.07, 6.45) is 0.981. The first-order valence-electron chi connectivity index (χ1n) is 6.99. The molecule has 1 aromatic carbocycles. The molecule has 0 amide bonds. The zero-order valence-corrected chi connectivity index (χ0v) is 14.3. The van der Waals surface area contributed by atoms with Crippen LogP contribution in [0.25, 0.3) is 0 Å². The predicted molar refractivity (Wildman–Crippen MR) is 85.6 cm³/mol. The van der Waals surface area contributed by atoms with E-state index in [0.717, 1.165) is 17.0 Å². The van der Waals surface area contributed by atoms with E-state index in [1.54, 1.807) is 0 Å². The molecule has 2 unspecified atom stereocenters. The summed E-state index contributed by atoms with van der Waals surface area (Å²) in [5.41, 5.74) is 0.720. The smallest absolute Gasteiger partial charge is 0.0681 e. The Morgan fingerprint density at radius 1 is 1.25 bits per heavy atom. The van der Waals surface area contributed by atoms with Crippen LogP contribution in [0.4, 0.5) is 0 Å². The van der Waals surface area contributed by atoms with Gasteiger partial charge in [-0.3, -0.25) is 0 Å². The van der Waals surface area contributed by atoms with Crippen LogP contribution in [0.5, 0.6) is 0 Å². The molecule has 0 radical (unpaired) electrons. The lowest BCUT2D eigenvalue weighted by Crippen LogP contribution is -2.37. The molecule has 4 heteroatoms. The molecule has 0 spiro atoms. The molecule has 1 heterocycles. The highest BCUT2D eigenvalue weighted by Crippen LogP contribution is 2.48. The van der Waals surface area contributed by atoms with Crippen LogP contribution in [-0.2, 0) is 4.74 Å². The van der Waals surface area contributed by atoms with E-state index in [2.05, 4.69) is 33.0 Å². The monoisotopic (exact) mass is 315 g/mol. The molecule has 1 aliphatic rings. The minimum Gasteiger partial charge on any atom is -0.369 e. The van der Waals surface area contributed by atoms with Crippen molar-refractivity contribution in [3.8, 4) is 0 Å². The van der Waals surface area contributed by atoms with Crippen LogP contribution >= 0.6 is 23.2 Å². The fourth-order valence-electron chi connectivity index (χ4n) is 3.45. The van der Waals surface area contributed by atoms with Gasteiger partial charge < -0.3 is 10.1 Å². The summed E-state index contributed by atoms with van der Waals surface area (Å²) in [4.78, 5) is 0. The third-order valence-electron chi connectivity index (χ3n) is 4.15. The highest BCUT2D eigenvalue weighted by Gasteiger charge is 2.49. The molecular weight excluding hydrogens is 293 g/mol. The number of halogens is 2. The van der Waals surface area contributed by atoms with Crippen molar-refractivity contribution in [1.29, 1.82) is 0 Å². The summed E-state index contributed by atoms with van der Waals surface area (Å²) in [6.45, 7) is 8.58. The van der Waals surface area contributed by atoms with E-state index in [1.165, 1.54) is 0 Å². The van der Waals surface area contributed by atoms with Gasteiger partial charge in [-0.05, 0) is 64.9 Å². The molecule has 0 aliphatic carbocycles. The topological polar surface area (TPSA) is 21.3 Å². The molecule has 112 valence electrons. The lowest BCUT2D eigenvalue weighted by atomic mass is 9.79. The zero-order valence-electron chi connectivity index (χ0n) is 12.8. The summed E-state index contributed by atoms with van der Waals surface area (Å²) < 4.78 is 6.21. The lowest BCUT2D eigenvalue weighted by Gasteiger charge is -2.33. The average molecular weight is 316 g/mol. The van der Waals surface area contributed by atoms with Crippen LogP contribution in [-0.4, -0.2) is 18.2 Å². The molecule has 0 aromatic heterocycles. The van der Waals surface area contributed by atoms with Crippen molar-refractivity contribution in [2.45, 2.75) is 51.4 Å². The molecule has 1 saturated heterocycles. The summed E-state index contributed by atoms with van der Waals surface area (Å²) in [5.74, 6) is 0.332. The Bertz CT molecular complexity index is 499. The number of hydrogen-bond donors (Lipinski definition) is 1. The Morgan fingerprint density at radius 2 is 1.90 bits per heavy atom. The Balaban J connectivity index is 2.40. The summed E-state index contributed by atoms with van der Waals surface area (Å²) >= 11 is 12.5. The normalized spacial score (nSPS) is 25.6. The van der Waals surface area contributed by atoms with Crippen LogP contribution in [0, 0.1) is 5.92 Å². The van der Waals surface area contributed by atoms with Crippen LogP contribution < -0.4 is 5.32 Å². The second-order valence-electron chi connectivity index (χ2n) is 6.71. The van der Waals surface area contributed by atoms with Crippen molar-refractivity contribution >= 4 is 23.2 Å². The maximum atomic E-state index is 6.37. The Morgan fingerprint density at radius 3 is 2.40 bits per heavy atom. The molecule has 0 saturated carbocycles. The standard InChI is InChI=1S/C16H23Cl2NO/c1-15(2)9-12(16(3,4)20-15)14(19-5)11-8-10(17)6-7-13(11)18/h6-8,12,14,19H,9H2,1-5H3. The van der Waals surface area contributed by atoms with Crippen molar-refractivity contribution in [2.24, 2.45) is 5.92 Å². The molecule has 2 rings (SSSR count). The van der Waals surface area contributed by atoms with Gasteiger partial charge in [-0.25, -0.2) is 0 Å². The van der Waals surface area contributed by atoms with Crippen molar-refractivity contribution in [3.63, 3.8) is 0 Å². The molecule has 0 bridgehead atoms. The van der Waals surface area contributed by atoms with Crippen molar-refractivity contribution in [3.05, 3.63) is 33.8 Å². The van der Waals surface area contributed by atoms with Gasteiger partial charge in [0.1, 0.15) is 0 Å². The number of ether oxygens (including phenoxy) is 1. The molecule has 1 fully saturated rings. The predicted octanol–water partition coefficient (Wildman–Crippen LogP) is 4.85. The maximum Gasteiger partial charge on any atom is 0.0681 e. The molecule has 1 N–H and O–H groups in total. The van der Waals surface area contributed by atoms with Crippen LogP contribution in [0.3, 0.4) is 0 Å². The van der Waals surface area contributed by atoms with E-state index in [0.29, 0.717) is 10.9 Å². The average Bonchev–Trinajstić information content (AvgIpc) is 2.53. The number of rotatable bonds is 3. The molecule has 2 atom stereocenters. The first-order chi connectivity index (χ1) is 9.16. The van der Waals surface area contributed by atoms with Gasteiger partial charge in [-0.2, -0.15) is 0 Å². The largest absolute Gasteiger partial charge is 0.369 e. The third-order valence-corrected chi connectivity index (χ3v) is 4.73. The van der Waals surface area contributed by atoms with Gasteiger partial charge >= 0.3 is 0 Å². The van der Waals surface area contributed by atoms with Gasteiger partial charge in [0.05, 0.1) is 11.2 Å². The van der Waals surface area contributed by atoms with Gasteiger partial charge in [0, 0.05) is 22.0 Å². The van der Waals surface area contributed by atoms with Crippen molar-refractivity contribution in [2.75, 3.05) is 7.05 Å². The molecule has 1 aromatic rings. The van der Waals surface area contributed by atoms with Gasteiger partial charge in [0.2, 0.25) is 0 Å². The first-order valence-corrected chi connectivity index (χ1v) is 7.74. The van der Waals surface area contributed by atoms with Crippen molar-refractivity contribution < 1.29 is 4.74 Å². The van der Waals surface area contributed by atoms with Gasteiger partial charge in [0.15, 0.2) is 0 Å². The van der Waals surface area contributed by atoms with Crippen molar-refractivity contribution in [1.82, 2.24) is 5.32 Å². The van der Waals surface area contributed by atoms with Gasteiger partial charge in [-0.15, -0.1) is 0 Å². The summed E-state index contributed by atoms with van der Waals surface area (Å²) in [6, 6.07) is 5.75. The second-order valence-corrected chi connectivity index (χ2v) is 7.55. The molecule has 2 nitrogen and oxygen atoms in total. The summed E-state index contributed by atoms with van der Waals surface area (Å²) in [5, 5.41) is 4.85. The highest BCUT2D eigenvalue weighted by atomic mass is 35.5. The number of nitrogens with one attached hydrogen (secondary N) is 1. The minimum absolute atomic E-state index is 0.117. The van der Waals surface area contributed by atoms with E-state index < -0.39 is 0 Å². The van der Waals surface area contributed by atoms with E-state index in [4.69, 9.17) is 27.9 Å². The zero-order chi connectivity index (χ0) is 15.1. The van der Waals surface area contributed by atoms with Crippen LogP contribution in [0.2, 0.25) is 10.0 Å². The number of benzene rings is 1. The van der Waals surface area contributed by atoms with Gasteiger partial charge in [-0.1, -0.05) is 23.2 Å². The lowest BCUT2D eigenvalue weighted by molar-refractivity contribution is -0.0776. The fraction of sp³-hybridized carbons (Fsp3) is 0.625. The molecule has 1 aliphatic heterocycles. The number of hydrogen-bond acceptors (Lipinski definition) is 2. The minimum atomic E-state index is -0.206. The Labute approximate surface area is 131 Å². The highest BCUT2D eigenvalue weighted by molar-refractivity contribution is 6.33. The van der Waals surface area contributed by atoms with E-state index in [9.17, 15) is 0 Å². The Hall–Kier alpha value is -0.280. The molecular formula is C16H23Cl2NO. The SMILES string of the molecule is CNC(c1cc(Cl)ccc1Cl)C1CC(C)(C)OC1(C)C. The van der Waals surface area contributed by atoms with E-state index in [1.807, 2.05) is 25.2 Å². The Kier molecular flexibility index (Phi) is 4.42. The quantitative estimate of drug-likeness (QED) is 0.861. The van der Waals surface area contributed by atoms with Gasteiger partial charge in [0.25, 0.3) is 0 Å². The molecule has 20 heavy (non-hydrogen) atoms.